The summed E-state index contributed by atoms with van der Waals surface area (Å²) in [6.45, 7) is 2.96. The highest BCUT2D eigenvalue weighted by Gasteiger charge is 2.33. The predicted molar refractivity (Wildman–Crippen MR) is 82.1 cm³/mol. The van der Waals surface area contributed by atoms with Gasteiger partial charge in [-0.3, -0.25) is 4.79 Å². The monoisotopic (exact) mass is 293 g/mol. The summed E-state index contributed by atoms with van der Waals surface area (Å²) in [4.78, 5) is 11.9. The van der Waals surface area contributed by atoms with Crippen LogP contribution in [0.1, 0.15) is 44.6 Å². The Hall–Kier alpha value is -1.35. The van der Waals surface area contributed by atoms with Crippen LogP contribution in [0.15, 0.2) is 24.3 Å². The quantitative estimate of drug-likeness (QED) is 0.633. The van der Waals surface area contributed by atoms with Gasteiger partial charge in [0, 0.05) is 10.6 Å². The highest BCUT2D eigenvalue weighted by molar-refractivity contribution is 6.30. The van der Waals surface area contributed by atoms with Crippen LogP contribution in [0, 0.1) is 5.92 Å². The molecule has 1 saturated heterocycles. The lowest BCUT2D eigenvalue weighted by atomic mass is 10.0. The standard InChI is InChI=1S/C16H21ClN2O/c1-2-3-4-5-6-14-12-19(18-16(14)20)11-13-7-9-15(17)10-8-13/h7-11,14H,2-6,12H2,1H3/p+1/b19-11-/t14-/m0/s1. The van der Waals surface area contributed by atoms with Crippen LogP contribution in [-0.2, 0) is 4.79 Å². The number of carbonyl (C=O) groups excluding carboxylic acids is 1. The minimum absolute atomic E-state index is 0.121. The number of hydrazone groups is 1. The van der Waals surface area contributed by atoms with E-state index in [0.29, 0.717) is 0 Å². The number of nitrogens with one attached hydrogen (secondary N) is 1. The summed E-state index contributed by atoms with van der Waals surface area (Å²) < 4.78 is 1.88. The summed E-state index contributed by atoms with van der Waals surface area (Å²) in [5.41, 5.74) is 3.96. The molecule has 2 rings (SSSR count). The Labute approximate surface area is 125 Å². The first-order valence-electron chi connectivity index (χ1n) is 7.36. The van der Waals surface area contributed by atoms with Gasteiger partial charge in [0.1, 0.15) is 5.92 Å². The Morgan fingerprint density at radius 2 is 2.05 bits per heavy atom. The Morgan fingerprint density at radius 3 is 2.75 bits per heavy atom. The molecule has 20 heavy (non-hydrogen) atoms. The lowest BCUT2D eigenvalue weighted by molar-refractivity contribution is -0.556. The lowest BCUT2D eigenvalue weighted by Gasteiger charge is -2.01. The molecule has 1 aliphatic heterocycles. The molecule has 1 amide bonds. The fraction of sp³-hybridized carbons (Fsp3) is 0.500. The molecule has 0 saturated carbocycles. The number of hydrogen-bond donors (Lipinski definition) is 1. The summed E-state index contributed by atoms with van der Waals surface area (Å²) in [7, 11) is 0. The molecule has 108 valence electrons. The number of amides is 1. The first-order chi connectivity index (χ1) is 9.69. The van der Waals surface area contributed by atoms with Crippen LogP contribution in [-0.4, -0.2) is 23.4 Å². The van der Waals surface area contributed by atoms with Gasteiger partial charge in [-0.05, 0) is 30.7 Å². The molecule has 3 nitrogen and oxygen atoms in total. The maximum absolute atomic E-state index is 11.9. The van der Waals surface area contributed by atoms with Crippen molar-refractivity contribution in [3.05, 3.63) is 34.9 Å². The van der Waals surface area contributed by atoms with E-state index < -0.39 is 0 Å². The van der Waals surface area contributed by atoms with E-state index in [2.05, 4.69) is 12.3 Å². The van der Waals surface area contributed by atoms with Gasteiger partial charge in [-0.1, -0.05) is 44.2 Å². The Morgan fingerprint density at radius 1 is 1.30 bits per heavy atom. The third-order valence-electron chi connectivity index (χ3n) is 3.62. The highest BCUT2D eigenvalue weighted by atomic mass is 35.5. The van der Waals surface area contributed by atoms with Crippen LogP contribution in [0.3, 0.4) is 0 Å². The maximum Gasteiger partial charge on any atom is 0.283 e. The van der Waals surface area contributed by atoms with E-state index in [9.17, 15) is 4.79 Å². The fourth-order valence-corrected chi connectivity index (χ4v) is 2.58. The summed E-state index contributed by atoms with van der Waals surface area (Å²) in [6.07, 6.45) is 7.79. The van der Waals surface area contributed by atoms with Gasteiger partial charge in [-0.15, -0.1) is 10.1 Å². The Kier molecular flexibility index (Phi) is 5.60. The van der Waals surface area contributed by atoms with Crippen molar-refractivity contribution >= 4 is 23.7 Å². The third-order valence-corrected chi connectivity index (χ3v) is 3.87. The number of hydrazine groups is 1. The summed E-state index contributed by atoms with van der Waals surface area (Å²) in [5.74, 6) is 0.266. The van der Waals surface area contributed by atoms with Crippen molar-refractivity contribution in [2.75, 3.05) is 6.54 Å². The number of carbonyl (C=O) groups is 1. The van der Waals surface area contributed by atoms with Crippen molar-refractivity contribution in [3.63, 3.8) is 0 Å². The van der Waals surface area contributed by atoms with E-state index in [1.807, 2.05) is 35.2 Å². The van der Waals surface area contributed by atoms with E-state index in [1.165, 1.54) is 19.3 Å². The zero-order chi connectivity index (χ0) is 14.4. The Balaban J connectivity index is 1.89. The van der Waals surface area contributed by atoms with Gasteiger partial charge in [0.05, 0.1) is 0 Å². The van der Waals surface area contributed by atoms with Crippen LogP contribution >= 0.6 is 11.6 Å². The summed E-state index contributed by atoms with van der Waals surface area (Å²) >= 11 is 5.86. The van der Waals surface area contributed by atoms with Gasteiger partial charge in [-0.2, -0.15) is 0 Å². The number of hydrogen-bond acceptors (Lipinski definition) is 1. The van der Waals surface area contributed by atoms with Crippen molar-refractivity contribution < 1.29 is 9.48 Å². The molecule has 0 bridgehead atoms. The molecule has 1 aromatic rings. The van der Waals surface area contributed by atoms with Crippen molar-refractivity contribution in [2.24, 2.45) is 5.92 Å². The molecular weight excluding hydrogens is 272 g/mol. The normalized spacial score (nSPS) is 20.4. The Bertz CT molecular complexity index is 482. The number of halogens is 1. The van der Waals surface area contributed by atoms with E-state index in [0.717, 1.165) is 30.0 Å². The topological polar surface area (TPSA) is 32.1 Å². The molecule has 1 atom stereocenters. The van der Waals surface area contributed by atoms with E-state index in [4.69, 9.17) is 11.6 Å². The van der Waals surface area contributed by atoms with Gasteiger partial charge in [0.25, 0.3) is 5.91 Å². The second-order valence-corrected chi connectivity index (χ2v) is 5.79. The predicted octanol–water partition coefficient (Wildman–Crippen LogP) is 3.40. The average molecular weight is 294 g/mol. The summed E-state index contributed by atoms with van der Waals surface area (Å²) in [5, 5.41) is 0.724. The minimum atomic E-state index is 0.121. The molecule has 0 spiro atoms. The van der Waals surface area contributed by atoms with Crippen LogP contribution in [0.5, 0.6) is 0 Å². The molecule has 0 radical (unpaired) electrons. The minimum Gasteiger partial charge on any atom is -0.269 e. The lowest BCUT2D eigenvalue weighted by Crippen LogP contribution is -2.25. The van der Waals surface area contributed by atoms with E-state index >= 15 is 0 Å². The van der Waals surface area contributed by atoms with Crippen molar-refractivity contribution in [3.8, 4) is 0 Å². The van der Waals surface area contributed by atoms with Gasteiger partial charge >= 0.3 is 0 Å². The fourth-order valence-electron chi connectivity index (χ4n) is 2.45. The largest absolute Gasteiger partial charge is 0.283 e. The molecule has 0 aromatic heterocycles. The molecule has 0 unspecified atom stereocenters. The van der Waals surface area contributed by atoms with Gasteiger partial charge in [-0.25, -0.2) is 0 Å². The van der Waals surface area contributed by atoms with Crippen molar-refractivity contribution in [1.82, 2.24) is 5.43 Å². The number of unbranched alkanes of at least 4 members (excludes halogenated alkanes) is 3. The molecular formula is C16H22ClN2O+. The first kappa shape index (κ1) is 15.0. The van der Waals surface area contributed by atoms with Crippen LogP contribution < -0.4 is 5.43 Å². The zero-order valence-electron chi connectivity index (χ0n) is 11.9. The molecule has 1 fully saturated rings. The molecule has 1 aromatic carbocycles. The second-order valence-electron chi connectivity index (χ2n) is 5.36. The number of nitrogens with zero attached hydrogens (tertiary/aromatic N) is 1. The van der Waals surface area contributed by atoms with E-state index in [-0.39, 0.29) is 11.8 Å². The average Bonchev–Trinajstić information content (AvgIpc) is 2.78. The molecule has 1 heterocycles. The van der Waals surface area contributed by atoms with Gasteiger partial charge in [0.15, 0.2) is 6.54 Å². The first-order valence-corrected chi connectivity index (χ1v) is 7.74. The van der Waals surface area contributed by atoms with Crippen LogP contribution in [0.25, 0.3) is 0 Å². The van der Waals surface area contributed by atoms with Crippen molar-refractivity contribution in [1.29, 1.82) is 0 Å². The maximum atomic E-state index is 11.9. The SMILES string of the molecule is CCCCCC[C@H]1C/[N+](=C/c2ccc(Cl)cc2)NC1=O. The van der Waals surface area contributed by atoms with Crippen LogP contribution in [0.4, 0.5) is 0 Å². The smallest absolute Gasteiger partial charge is 0.269 e. The van der Waals surface area contributed by atoms with E-state index in [1.54, 1.807) is 0 Å². The molecule has 0 aliphatic carbocycles. The summed E-state index contributed by atoms with van der Waals surface area (Å²) in [6, 6.07) is 7.60. The molecule has 1 aliphatic rings. The number of benzene rings is 1. The number of rotatable bonds is 6. The molecule has 1 N–H and O–H groups in total. The third kappa shape index (κ3) is 4.34. The highest BCUT2D eigenvalue weighted by Crippen LogP contribution is 2.15. The van der Waals surface area contributed by atoms with Crippen LogP contribution in [0.2, 0.25) is 5.02 Å². The second kappa shape index (κ2) is 7.44. The van der Waals surface area contributed by atoms with Gasteiger partial charge < -0.3 is 0 Å². The zero-order valence-corrected chi connectivity index (χ0v) is 12.7. The molecule has 4 heteroatoms. The van der Waals surface area contributed by atoms with Gasteiger partial charge in [0.2, 0.25) is 6.21 Å². The van der Waals surface area contributed by atoms with Crippen molar-refractivity contribution in [2.45, 2.75) is 39.0 Å².